The third-order valence-corrected chi connectivity index (χ3v) is 4.93. The summed E-state index contributed by atoms with van der Waals surface area (Å²) in [6, 6.07) is -0.0710. The molecule has 2 fully saturated rings. The van der Waals surface area contributed by atoms with Crippen LogP contribution in [0.4, 0.5) is 0 Å². The quantitative estimate of drug-likeness (QED) is 0.795. The van der Waals surface area contributed by atoms with Crippen LogP contribution in [0.5, 0.6) is 5.88 Å². The van der Waals surface area contributed by atoms with Crippen molar-refractivity contribution in [2.45, 2.75) is 51.5 Å². The smallest absolute Gasteiger partial charge is 0.331 e. The van der Waals surface area contributed by atoms with Crippen molar-refractivity contribution in [2.24, 2.45) is 5.10 Å². The molecule has 8 nitrogen and oxygen atoms in total. The predicted octanol–water partition coefficient (Wildman–Crippen LogP) is 1.19. The second kappa shape index (κ2) is 7.86. The van der Waals surface area contributed by atoms with Gasteiger partial charge in [0.1, 0.15) is 5.56 Å². The molecule has 0 aromatic carbocycles. The standard InChI is InChI=1S/C17H26N4O4/c1-2-13(19-20-8-10-25-11-9-20)14-15(22)18-17(24)21(16(14)23)12-6-4-3-5-7-12/h12,23H,2-11H2,1H3,(H,18,22,24). The first-order valence-electron chi connectivity index (χ1n) is 9.10. The van der Waals surface area contributed by atoms with Crippen molar-refractivity contribution in [3.05, 3.63) is 26.4 Å². The maximum absolute atomic E-state index is 12.4. The number of aromatic nitrogens is 2. The summed E-state index contributed by atoms with van der Waals surface area (Å²) in [5.74, 6) is -0.255. The molecule has 1 aliphatic heterocycles. The van der Waals surface area contributed by atoms with Gasteiger partial charge in [0.15, 0.2) is 0 Å². The second-order valence-corrected chi connectivity index (χ2v) is 6.59. The molecule has 2 aliphatic rings. The van der Waals surface area contributed by atoms with Crippen LogP contribution in [0.3, 0.4) is 0 Å². The van der Waals surface area contributed by atoms with E-state index in [-0.39, 0.29) is 17.5 Å². The average molecular weight is 350 g/mol. The van der Waals surface area contributed by atoms with Gasteiger partial charge in [0.05, 0.1) is 32.0 Å². The van der Waals surface area contributed by atoms with Crippen molar-refractivity contribution in [2.75, 3.05) is 26.3 Å². The highest BCUT2D eigenvalue weighted by atomic mass is 16.5. The Morgan fingerprint density at radius 2 is 1.92 bits per heavy atom. The van der Waals surface area contributed by atoms with Crippen LogP contribution in [0.25, 0.3) is 0 Å². The molecule has 1 aliphatic carbocycles. The van der Waals surface area contributed by atoms with Gasteiger partial charge in [-0.1, -0.05) is 26.2 Å². The van der Waals surface area contributed by atoms with Crippen LogP contribution in [0.2, 0.25) is 0 Å². The topological polar surface area (TPSA) is 99.9 Å². The van der Waals surface area contributed by atoms with E-state index in [0.29, 0.717) is 38.4 Å². The molecular weight excluding hydrogens is 324 g/mol. The Kier molecular flexibility index (Phi) is 5.57. The largest absolute Gasteiger partial charge is 0.494 e. The summed E-state index contributed by atoms with van der Waals surface area (Å²) in [5.41, 5.74) is -0.521. The first kappa shape index (κ1) is 17.7. The zero-order chi connectivity index (χ0) is 17.8. The van der Waals surface area contributed by atoms with Gasteiger partial charge >= 0.3 is 5.69 Å². The molecule has 3 rings (SSSR count). The molecule has 0 atom stereocenters. The van der Waals surface area contributed by atoms with Crippen molar-refractivity contribution < 1.29 is 9.84 Å². The molecule has 1 saturated carbocycles. The second-order valence-electron chi connectivity index (χ2n) is 6.59. The van der Waals surface area contributed by atoms with Crippen molar-refractivity contribution in [1.29, 1.82) is 0 Å². The number of aromatic amines is 1. The van der Waals surface area contributed by atoms with E-state index in [1.54, 1.807) is 0 Å². The molecule has 138 valence electrons. The van der Waals surface area contributed by atoms with E-state index in [1.165, 1.54) is 4.57 Å². The van der Waals surface area contributed by atoms with Gasteiger partial charge in [-0.3, -0.25) is 19.4 Å². The Labute approximate surface area is 146 Å². The van der Waals surface area contributed by atoms with Gasteiger partial charge < -0.3 is 9.84 Å². The highest BCUT2D eigenvalue weighted by Crippen LogP contribution is 2.30. The summed E-state index contributed by atoms with van der Waals surface area (Å²) in [4.78, 5) is 27.0. The molecular formula is C17H26N4O4. The van der Waals surface area contributed by atoms with Gasteiger partial charge in [-0.15, -0.1) is 0 Å². The van der Waals surface area contributed by atoms with Crippen LogP contribution < -0.4 is 11.2 Å². The average Bonchev–Trinajstić information content (AvgIpc) is 2.62. The first-order valence-corrected chi connectivity index (χ1v) is 9.10. The Balaban J connectivity index is 2.03. The fourth-order valence-corrected chi connectivity index (χ4v) is 3.60. The van der Waals surface area contributed by atoms with E-state index < -0.39 is 11.2 Å². The lowest BCUT2D eigenvalue weighted by Gasteiger charge is -2.26. The van der Waals surface area contributed by atoms with Crippen LogP contribution >= 0.6 is 0 Å². The van der Waals surface area contributed by atoms with Crippen molar-refractivity contribution in [1.82, 2.24) is 14.6 Å². The van der Waals surface area contributed by atoms with Gasteiger partial charge in [-0.2, -0.15) is 5.10 Å². The number of morpholine rings is 1. The fourth-order valence-electron chi connectivity index (χ4n) is 3.60. The Morgan fingerprint density at radius 3 is 2.56 bits per heavy atom. The van der Waals surface area contributed by atoms with Crippen LogP contribution in [-0.4, -0.2) is 51.7 Å². The van der Waals surface area contributed by atoms with E-state index in [2.05, 4.69) is 10.1 Å². The molecule has 0 spiro atoms. The maximum Gasteiger partial charge on any atom is 0.331 e. The first-order chi connectivity index (χ1) is 12.1. The minimum absolute atomic E-state index is 0.0710. The Hall–Kier alpha value is -2.09. The zero-order valence-electron chi connectivity index (χ0n) is 14.7. The summed E-state index contributed by atoms with van der Waals surface area (Å²) in [5, 5.41) is 17.1. The minimum Gasteiger partial charge on any atom is -0.494 e. The van der Waals surface area contributed by atoms with Crippen LogP contribution in [-0.2, 0) is 4.74 Å². The van der Waals surface area contributed by atoms with E-state index in [4.69, 9.17) is 4.74 Å². The van der Waals surface area contributed by atoms with Gasteiger partial charge in [-0.05, 0) is 19.3 Å². The Morgan fingerprint density at radius 1 is 1.24 bits per heavy atom. The van der Waals surface area contributed by atoms with E-state index in [1.807, 2.05) is 11.9 Å². The summed E-state index contributed by atoms with van der Waals surface area (Å²) in [6.07, 6.45) is 5.33. The minimum atomic E-state index is -0.580. The third-order valence-electron chi connectivity index (χ3n) is 4.93. The van der Waals surface area contributed by atoms with E-state index in [0.717, 1.165) is 32.1 Å². The van der Waals surface area contributed by atoms with Crippen molar-refractivity contribution in [3.63, 3.8) is 0 Å². The van der Waals surface area contributed by atoms with E-state index in [9.17, 15) is 14.7 Å². The number of nitrogens with one attached hydrogen (secondary N) is 1. The lowest BCUT2D eigenvalue weighted by molar-refractivity contribution is 0.0393. The molecule has 0 bridgehead atoms. The lowest BCUT2D eigenvalue weighted by Crippen LogP contribution is -2.38. The number of hydrogen-bond acceptors (Lipinski definition) is 6. The van der Waals surface area contributed by atoms with Gasteiger partial charge in [0.2, 0.25) is 5.88 Å². The summed E-state index contributed by atoms with van der Waals surface area (Å²) >= 11 is 0. The maximum atomic E-state index is 12.4. The lowest BCUT2D eigenvalue weighted by atomic mass is 9.95. The molecule has 8 heteroatoms. The zero-order valence-corrected chi connectivity index (χ0v) is 14.7. The molecule has 1 aromatic heterocycles. The fraction of sp³-hybridized carbons (Fsp3) is 0.706. The highest BCUT2D eigenvalue weighted by Gasteiger charge is 2.25. The monoisotopic (exact) mass is 350 g/mol. The summed E-state index contributed by atoms with van der Waals surface area (Å²) < 4.78 is 6.66. The number of aromatic hydroxyl groups is 1. The molecule has 0 unspecified atom stereocenters. The van der Waals surface area contributed by atoms with Crippen molar-refractivity contribution >= 4 is 5.71 Å². The van der Waals surface area contributed by atoms with Crippen molar-refractivity contribution in [3.8, 4) is 5.88 Å². The third kappa shape index (κ3) is 3.78. The molecule has 2 heterocycles. The van der Waals surface area contributed by atoms with Crippen LogP contribution in [0.1, 0.15) is 57.1 Å². The molecule has 0 amide bonds. The van der Waals surface area contributed by atoms with Gasteiger partial charge in [0.25, 0.3) is 5.56 Å². The number of rotatable bonds is 4. The highest BCUT2D eigenvalue weighted by molar-refractivity contribution is 6.01. The summed E-state index contributed by atoms with van der Waals surface area (Å²) in [7, 11) is 0. The molecule has 0 radical (unpaired) electrons. The van der Waals surface area contributed by atoms with Crippen LogP contribution in [0, 0.1) is 0 Å². The number of hydrazone groups is 1. The number of ether oxygens (including phenoxy) is 1. The molecule has 1 aromatic rings. The number of nitrogens with zero attached hydrogens (tertiary/aromatic N) is 3. The summed E-state index contributed by atoms with van der Waals surface area (Å²) in [6.45, 7) is 4.35. The number of H-pyrrole nitrogens is 1. The molecule has 1 saturated heterocycles. The Bertz CT molecular complexity index is 740. The molecule has 2 N–H and O–H groups in total. The molecule has 25 heavy (non-hydrogen) atoms. The normalized spacial score (nSPS) is 20.0. The SMILES string of the molecule is CCC(=NN1CCOCC1)c1c(O)n(C2CCCCC2)c(=O)[nH]c1=O. The van der Waals surface area contributed by atoms with Gasteiger partial charge in [-0.25, -0.2) is 4.79 Å². The van der Waals surface area contributed by atoms with E-state index >= 15 is 0 Å². The predicted molar refractivity (Wildman–Crippen MR) is 94.3 cm³/mol. The number of hydrogen-bond donors (Lipinski definition) is 2. The van der Waals surface area contributed by atoms with Gasteiger partial charge in [0, 0.05) is 6.04 Å². The van der Waals surface area contributed by atoms with Crippen LogP contribution in [0.15, 0.2) is 14.7 Å².